The summed E-state index contributed by atoms with van der Waals surface area (Å²) in [5.41, 5.74) is 3.26. The van der Waals surface area contributed by atoms with E-state index in [1.54, 1.807) is 0 Å². The van der Waals surface area contributed by atoms with Crippen LogP contribution in [0.15, 0.2) is 0 Å². The molecule has 72 valence electrons. The summed E-state index contributed by atoms with van der Waals surface area (Å²) in [5, 5.41) is 17.1. The van der Waals surface area contributed by atoms with Gasteiger partial charge >= 0.3 is 0 Å². The van der Waals surface area contributed by atoms with Gasteiger partial charge in [-0.25, -0.2) is 0 Å². The second kappa shape index (κ2) is 2.58. The van der Waals surface area contributed by atoms with Crippen molar-refractivity contribution in [3.8, 4) is 0 Å². The van der Waals surface area contributed by atoms with Crippen molar-refractivity contribution in [3.63, 3.8) is 0 Å². The van der Waals surface area contributed by atoms with Crippen LogP contribution in [0.1, 0.15) is 43.3 Å². The van der Waals surface area contributed by atoms with Crippen molar-refractivity contribution >= 4 is 0 Å². The van der Waals surface area contributed by atoms with Crippen molar-refractivity contribution in [3.05, 3.63) is 17.0 Å². The molecule has 1 aliphatic rings. The van der Waals surface area contributed by atoms with E-state index in [-0.39, 0.29) is 11.5 Å². The SMILES string of the molecule is Cc1[nH]nc2c1C(O)CC(C)(C)C2. The quantitative estimate of drug-likeness (QED) is 0.638. The molecule has 1 aliphatic carbocycles. The summed E-state index contributed by atoms with van der Waals surface area (Å²) in [5.74, 6) is 0. The highest BCUT2D eigenvalue weighted by Gasteiger charge is 2.33. The maximum absolute atomic E-state index is 9.91. The first-order chi connectivity index (χ1) is 5.99. The molecule has 1 atom stereocenters. The topological polar surface area (TPSA) is 48.9 Å². The standard InChI is InChI=1S/C10H16N2O/c1-6-9-7(12-11-6)4-10(2,3)5-8(9)13/h8,13H,4-5H2,1-3H3,(H,11,12). The van der Waals surface area contributed by atoms with Gasteiger partial charge in [0.1, 0.15) is 0 Å². The van der Waals surface area contributed by atoms with Gasteiger partial charge in [-0.3, -0.25) is 5.10 Å². The monoisotopic (exact) mass is 180 g/mol. The van der Waals surface area contributed by atoms with Gasteiger partial charge in [0, 0.05) is 11.3 Å². The first kappa shape index (κ1) is 8.75. The Morgan fingerprint density at radius 1 is 1.54 bits per heavy atom. The fourth-order valence-electron chi connectivity index (χ4n) is 2.22. The molecule has 0 bridgehead atoms. The minimum Gasteiger partial charge on any atom is -0.388 e. The molecule has 0 saturated carbocycles. The molecule has 0 saturated heterocycles. The van der Waals surface area contributed by atoms with Crippen LogP contribution in [-0.2, 0) is 6.42 Å². The molecule has 0 radical (unpaired) electrons. The summed E-state index contributed by atoms with van der Waals surface area (Å²) in [6, 6.07) is 0. The van der Waals surface area contributed by atoms with Crippen molar-refractivity contribution < 1.29 is 5.11 Å². The predicted molar refractivity (Wildman–Crippen MR) is 50.4 cm³/mol. The molecule has 3 nitrogen and oxygen atoms in total. The van der Waals surface area contributed by atoms with Gasteiger partial charge in [0.25, 0.3) is 0 Å². The number of aryl methyl sites for hydroxylation is 1. The lowest BCUT2D eigenvalue weighted by Crippen LogP contribution is -2.25. The fourth-order valence-corrected chi connectivity index (χ4v) is 2.22. The van der Waals surface area contributed by atoms with Gasteiger partial charge in [0.2, 0.25) is 0 Å². The van der Waals surface area contributed by atoms with Crippen LogP contribution >= 0.6 is 0 Å². The zero-order chi connectivity index (χ0) is 9.64. The van der Waals surface area contributed by atoms with E-state index in [2.05, 4.69) is 24.0 Å². The fraction of sp³-hybridized carbons (Fsp3) is 0.700. The second-order valence-corrected chi connectivity index (χ2v) is 4.77. The lowest BCUT2D eigenvalue weighted by atomic mass is 9.75. The van der Waals surface area contributed by atoms with Gasteiger partial charge in [-0.05, 0) is 25.2 Å². The van der Waals surface area contributed by atoms with E-state index in [1.165, 1.54) is 0 Å². The Labute approximate surface area is 78.2 Å². The van der Waals surface area contributed by atoms with Crippen molar-refractivity contribution in [1.29, 1.82) is 0 Å². The number of aromatic nitrogens is 2. The van der Waals surface area contributed by atoms with Gasteiger partial charge in [0.05, 0.1) is 11.8 Å². The molecule has 13 heavy (non-hydrogen) atoms. The van der Waals surface area contributed by atoms with E-state index < -0.39 is 0 Å². The average Bonchev–Trinajstić information content (AvgIpc) is 2.28. The van der Waals surface area contributed by atoms with Crippen LogP contribution in [0.3, 0.4) is 0 Å². The highest BCUT2D eigenvalue weighted by atomic mass is 16.3. The average molecular weight is 180 g/mol. The third kappa shape index (κ3) is 1.37. The number of aliphatic hydroxyl groups excluding tert-OH is 1. The Bertz CT molecular complexity index is 328. The lowest BCUT2D eigenvalue weighted by molar-refractivity contribution is 0.0988. The summed E-state index contributed by atoms with van der Waals surface area (Å²) in [7, 11) is 0. The Hall–Kier alpha value is -0.830. The van der Waals surface area contributed by atoms with E-state index >= 15 is 0 Å². The second-order valence-electron chi connectivity index (χ2n) is 4.77. The molecule has 3 heteroatoms. The molecule has 0 aromatic carbocycles. The minimum atomic E-state index is -0.336. The van der Waals surface area contributed by atoms with E-state index in [0.29, 0.717) is 0 Å². The molecule has 0 aliphatic heterocycles. The molecular formula is C10H16N2O. The molecule has 2 rings (SSSR count). The number of aliphatic hydroxyl groups is 1. The Kier molecular flexibility index (Phi) is 1.74. The molecular weight excluding hydrogens is 164 g/mol. The van der Waals surface area contributed by atoms with Crippen LogP contribution in [0.4, 0.5) is 0 Å². The maximum Gasteiger partial charge on any atom is 0.0831 e. The number of hydrogen-bond acceptors (Lipinski definition) is 2. The Balaban J connectivity index is 2.44. The normalized spacial score (nSPS) is 25.7. The number of aromatic amines is 1. The van der Waals surface area contributed by atoms with Gasteiger partial charge in [0.15, 0.2) is 0 Å². The number of nitrogens with one attached hydrogen (secondary N) is 1. The molecule has 0 fully saturated rings. The van der Waals surface area contributed by atoms with Crippen molar-refractivity contribution in [2.75, 3.05) is 0 Å². The number of fused-ring (bicyclic) bond motifs is 1. The summed E-state index contributed by atoms with van der Waals surface area (Å²) in [4.78, 5) is 0. The zero-order valence-corrected chi connectivity index (χ0v) is 8.39. The third-order valence-electron chi connectivity index (χ3n) is 2.80. The van der Waals surface area contributed by atoms with Crippen molar-refractivity contribution in [2.45, 2.75) is 39.7 Å². The maximum atomic E-state index is 9.91. The van der Waals surface area contributed by atoms with E-state index in [1.807, 2.05) is 6.92 Å². The van der Waals surface area contributed by atoms with E-state index in [9.17, 15) is 5.11 Å². The number of hydrogen-bond donors (Lipinski definition) is 2. The first-order valence-electron chi connectivity index (χ1n) is 4.71. The summed E-state index contributed by atoms with van der Waals surface area (Å²) >= 11 is 0. The molecule has 1 heterocycles. The summed E-state index contributed by atoms with van der Waals surface area (Å²) in [6.07, 6.45) is 1.46. The number of rotatable bonds is 0. The molecule has 1 unspecified atom stereocenters. The number of nitrogens with zero attached hydrogens (tertiary/aromatic N) is 1. The zero-order valence-electron chi connectivity index (χ0n) is 8.39. The van der Waals surface area contributed by atoms with Crippen molar-refractivity contribution in [1.82, 2.24) is 10.2 Å². The molecule has 1 aromatic heterocycles. The predicted octanol–water partition coefficient (Wildman–Crippen LogP) is 1.72. The highest BCUT2D eigenvalue weighted by molar-refractivity contribution is 5.30. The lowest BCUT2D eigenvalue weighted by Gasteiger charge is -2.32. The summed E-state index contributed by atoms with van der Waals surface area (Å²) < 4.78 is 0. The highest BCUT2D eigenvalue weighted by Crippen LogP contribution is 2.40. The van der Waals surface area contributed by atoms with Crippen molar-refractivity contribution in [2.24, 2.45) is 5.41 Å². The van der Waals surface area contributed by atoms with Gasteiger partial charge in [-0.2, -0.15) is 5.10 Å². The molecule has 2 N–H and O–H groups in total. The smallest absolute Gasteiger partial charge is 0.0831 e. The first-order valence-corrected chi connectivity index (χ1v) is 4.71. The largest absolute Gasteiger partial charge is 0.388 e. The number of H-pyrrole nitrogens is 1. The van der Waals surface area contributed by atoms with Gasteiger partial charge in [-0.1, -0.05) is 13.8 Å². The van der Waals surface area contributed by atoms with Crippen LogP contribution in [0.2, 0.25) is 0 Å². The minimum absolute atomic E-state index is 0.175. The van der Waals surface area contributed by atoms with E-state index in [0.717, 1.165) is 29.8 Å². The van der Waals surface area contributed by atoms with Crippen LogP contribution < -0.4 is 0 Å². The van der Waals surface area contributed by atoms with Gasteiger partial charge < -0.3 is 5.11 Å². The molecule has 0 spiro atoms. The van der Waals surface area contributed by atoms with Crippen LogP contribution in [0, 0.1) is 12.3 Å². The van der Waals surface area contributed by atoms with Crippen LogP contribution in [0.25, 0.3) is 0 Å². The van der Waals surface area contributed by atoms with Crippen LogP contribution in [-0.4, -0.2) is 15.3 Å². The third-order valence-corrected chi connectivity index (χ3v) is 2.80. The Morgan fingerprint density at radius 2 is 2.23 bits per heavy atom. The van der Waals surface area contributed by atoms with Crippen LogP contribution in [0.5, 0.6) is 0 Å². The molecule has 1 aromatic rings. The molecule has 0 amide bonds. The Morgan fingerprint density at radius 3 is 2.92 bits per heavy atom. The van der Waals surface area contributed by atoms with Gasteiger partial charge in [-0.15, -0.1) is 0 Å². The summed E-state index contributed by atoms with van der Waals surface area (Å²) in [6.45, 7) is 6.31. The van der Waals surface area contributed by atoms with E-state index in [4.69, 9.17) is 0 Å².